The number of nitrogens with one attached hydrogen (secondary N) is 2. The number of aromatic amines is 1. The number of para-hydroxylation sites is 1. The zero-order valence-corrected chi connectivity index (χ0v) is 13.7. The minimum atomic E-state index is -0.466. The summed E-state index contributed by atoms with van der Waals surface area (Å²) in [5.41, 5.74) is 0.138. The molecule has 0 aliphatic carbocycles. The van der Waals surface area contributed by atoms with E-state index in [9.17, 15) is 9.59 Å². The zero-order chi connectivity index (χ0) is 17.3. The molecule has 0 bridgehead atoms. The van der Waals surface area contributed by atoms with Gasteiger partial charge < -0.3 is 14.9 Å². The standard InChI is InChI=1S/C16H18N6O2/c1-9(2)14-21-20-12(22(14)3)8-17-16(24)13-18-11-7-5-4-6-10(11)15(23)19-13/h4-7,9H,8H2,1-3H3,(H,17,24)(H,18,19,23). The molecule has 3 aromatic rings. The Morgan fingerprint density at radius 3 is 2.75 bits per heavy atom. The van der Waals surface area contributed by atoms with Crippen LogP contribution in [0.15, 0.2) is 29.1 Å². The predicted molar refractivity (Wildman–Crippen MR) is 88.6 cm³/mol. The fourth-order valence-corrected chi connectivity index (χ4v) is 2.47. The van der Waals surface area contributed by atoms with E-state index in [1.165, 1.54) is 0 Å². The Balaban J connectivity index is 1.79. The topological polar surface area (TPSA) is 106 Å². The van der Waals surface area contributed by atoms with Crippen LogP contribution < -0.4 is 10.9 Å². The number of H-pyrrole nitrogens is 1. The molecule has 2 heterocycles. The van der Waals surface area contributed by atoms with Crippen molar-refractivity contribution in [3.05, 3.63) is 52.1 Å². The first-order valence-electron chi connectivity index (χ1n) is 7.62. The highest BCUT2D eigenvalue weighted by Crippen LogP contribution is 2.11. The van der Waals surface area contributed by atoms with E-state index in [-0.39, 0.29) is 23.8 Å². The quantitative estimate of drug-likeness (QED) is 0.747. The molecule has 1 amide bonds. The molecule has 0 aliphatic heterocycles. The zero-order valence-electron chi connectivity index (χ0n) is 13.7. The van der Waals surface area contributed by atoms with Gasteiger partial charge in [-0.1, -0.05) is 26.0 Å². The van der Waals surface area contributed by atoms with E-state index in [4.69, 9.17) is 0 Å². The summed E-state index contributed by atoms with van der Waals surface area (Å²) in [5, 5.41) is 11.3. The third-order valence-electron chi connectivity index (χ3n) is 3.75. The molecule has 0 unspecified atom stereocenters. The number of benzene rings is 1. The Morgan fingerprint density at radius 2 is 2.04 bits per heavy atom. The molecule has 0 saturated heterocycles. The van der Waals surface area contributed by atoms with E-state index >= 15 is 0 Å². The molecule has 0 atom stereocenters. The van der Waals surface area contributed by atoms with Gasteiger partial charge in [0.1, 0.15) is 5.82 Å². The van der Waals surface area contributed by atoms with Crippen molar-refractivity contribution in [3.63, 3.8) is 0 Å². The van der Waals surface area contributed by atoms with Gasteiger partial charge in [0.05, 0.1) is 17.4 Å². The number of carbonyl (C=O) groups excluding carboxylic acids is 1. The molecule has 0 spiro atoms. The van der Waals surface area contributed by atoms with Crippen LogP contribution in [0.2, 0.25) is 0 Å². The van der Waals surface area contributed by atoms with Crippen molar-refractivity contribution in [1.82, 2.24) is 30.0 Å². The van der Waals surface area contributed by atoms with Crippen molar-refractivity contribution in [3.8, 4) is 0 Å². The molecule has 3 rings (SSSR count). The lowest BCUT2D eigenvalue weighted by molar-refractivity contribution is 0.0939. The number of rotatable bonds is 4. The van der Waals surface area contributed by atoms with E-state index in [0.29, 0.717) is 16.7 Å². The van der Waals surface area contributed by atoms with Crippen LogP contribution in [-0.4, -0.2) is 30.6 Å². The third-order valence-corrected chi connectivity index (χ3v) is 3.75. The fourth-order valence-electron chi connectivity index (χ4n) is 2.47. The lowest BCUT2D eigenvalue weighted by Crippen LogP contribution is -2.28. The van der Waals surface area contributed by atoms with Gasteiger partial charge in [-0.15, -0.1) is 10.2 Å². The SMILES string of the molecule is CC(C)c1nnc(CNC(=O)c2nc3ccccc3c(=O)[nH]2)n1C. The number of hydrogen-bond acceptors (Lipinski definition) is 5. The molecule has 2 N–H and O–H groups in total. The van der Waals surface area contributed by atoms with E-state index < -0.39 is 5.91 Å². The summed E-state index contributed by atoms with van der Waals surface area (Å²) in [6.07, 6.45) is 0. The van der Waals surface area contributed by atoms with Crippen LogP contribution in [-0.2, 0) is 13.6 Å². The monoisotopic (exact) mass is 326 g/mol. The summed E-state index contributed by atoms with van der Waals surface area (Å²) in [5.74, 6) is 1.23. The van der Waals surface area contributed by atoms with Crippen LogP contribution in [0.4, 0.5) is 0 Å². The highest BCUT2D eigenvalue weighted by atomic mass is 16.2. The van der Waals surface area contributed by atoms with E-state index in [0.717, 1.165) is 5.82 Å². The van der Waals surface area contributed by atoms with Gasteiger partial charge in [-0.3, -0.25) is 9.59 Å². The third kappa shape index (κ3) is 2.90. The molecule has 2 aromatic heterocycles. The number of amides is 1. The number of hydrogen-bond donors (Lipinski definition) is 2. The molecular weight excluding hydrogens is 308 g/mol. The Bertz CT molecular complexity index is 957. The maximum atomic E-state index is 12.3. The van der Waals surface area contributed by atoms with Gasteiger partial charge in [-0.2, -0.15) is 0 Å². The van der Waals surface area contributed by atoms with Crippen molar-refractivity contribution in [2.24, 2.45) is 7.05 Å². The summed E-state index contributed by atoms with van der Waals surface area (Å²) in [4.78, 5) is 31.0. The van der Waals surface area contributed by atoms with Crippen LogP contribution >= 0.6 is 0 Å². The molecule has 124 valence electrons. The smallest absolute Gasteiger partial charge is 0.287 e. The maximum absolute atomic E-state index is 12.3. The second kappa shape index (κ2) is 6.23. The summed E-state index contributed by atoms with van der Waals surface area (Å²) in [6.45, 7) is 4.25. The van der Waals surface area contributed by atoms with Gasteiger partial charge in [-0.25, -0.2) is 4.98 Å². The summed E-state index contributed by atoms with van der Waals surface area (Å²) in [7, 11) is 1.85. The highest BCUT2D eigenvalue weighted by molar-refractivity contribution is 5.92. The van der Waals surface area contributed by atoms with Crippen LogP contribution in [0.1, 0.15) is 42.0 Å². The van der Waals surface area contributed by atoms with Gasteiger partial charge in [0.15, 0.2) is 11.6 Å². The van der Waals surface area contributed by atoms with Crippen LogP contribution in [0, 0.1) is 0 Å². The molecule has 0 saturated carbocycles. The Hall–Kier alpha value is -3.03. The first-order valence-corrected chi connectivity index (χ1v) is 7.62. The molecule has 0 aliphatic rings. The average Bonchev–Trinajstić information content (AvgIpc) is 2.93. The van der Waals surface area contributed by atoms with Gasteiger partial charge >= 0.3 is 0 Å². The minimum Gasteiger partial charge on any atom is -0.342 e. The van der Waals surface area contributed by atoms with Crippen molar-refractivity contribution in [2.45, 2.75) is 26.3 Å². The van der Waals surface area contributed by atoms with Crippen LogP contribution in [0.3, 0.4) is 0 Å². The molecule has 24 heavy (non-hydrogen) atoms. The van der Waals surface area contributed by atoms with Crippen molar-refractivity contribution in [1.29, 1.82) is 0 Å². The minimum absolute atomic E-state index is 0.0232. The van der Waals surface area contributed by atoms with Crippen molar-refractivity contribution in [2.75, 3.05) is 0 Å². The van der Waals surface area contributed by atoms with Crippen molar-refractivity contribution >= 4 is 16.8 Å². The van der Waals surface area contributed by atoms with Gasteiger partial charge in [-0.05, 0) is 12.1 Å². The van der Waals surface area contributed by atoms with Crippen LogP contribution in [0.25, 0.3) is 10.9 Å². The summed E-state index contributed by atoms with van der Waals surface area (Å²) < 4.78 is 1.85. The molecule has 0 fully saturated rings. The molecular formula is C16H18N6O2. The summed E-state index contributed by atoms with van der Waals surface area (Å²) in [6, 6.07) is 6.87. The van der Waals surface area contributed by atoms with E-state index in [1.54, 1.807) is 24.3 Å². The van der Waals surface area contributed by atoms with Gasteiger partial charge in [0, 0.05) is 13.0 Å². The fraction of sp³-hybridized carbons (Fsp3) is 0.312. The number of carbonyl (C=O) groups is 1. The maximum Gasteiger partial charge on any atom is 0.287 e. The first kappa shape index (κ1) is 15.9. The van der Waals surface area contributed by atoms with Gasteiger partial charge in [0.2, 0.25) is 0 Å². The number of fused-ring (bicyclic) bond motifs is 1. The summed E-state index contributed by atoms with van der Waals surface area (Å²) >= 11 is 0. The molecule has 0 radical (unpaired) electrons. The highest BCUT2D eigenvalue weighted by Gasteiger charge is 2.15. The Morgan fingerprint density at radius 1 is 1.29 bits per heavy atom. The molecule has 8 heteroatoms. The Kier molecular flexibility index (Phi) is 4.11. The lowest BCUT2D eigenvalue weighted by Gasteiger charge is -2.07. The molecule has 8 nitrogen and oxygen atoms in total. The number of aromatic nitrogens is 5. The Labute approximate surface area is 137 Å². The lowest BCUT2D eigenvalue weighted by atomic mass is 10.2. The normalized spacial score (nSPS) is 11.2. The average molecular weight is 326 g/mol. The molecule has 1 aromatic carbocycles. The number of nitrogens with zero attached hydrogens (tertiary/aromatic N) is 4. The largest absolute Gasteiger partial charge is 0.342 e. The second-order valence-electron chi connectivity index (χ2n) is 5.80. The second-order valence-corrected chi connectivity index (χ2v) is 5.80. The predicted octanol–water partition coefficient (Wildman–Crippen LogP) is 1.10. The van der Waals surface area contributed by atoms with Crippen molar-refractivity contribution < 1.29 is 4.79 Å². The van der Waals surface area contributed by atoms with E-state index in [1.807, 2.05) is 25.5 Å². The van der Waals surface area contributed by atoms with Crippen LogP contribution in [0.5, 0.6) is 0 Å². The van der Waals surface area contributed by atoms with Gasteiger partial charge in [0.25, 0.3) is 11.5 Å². The van der Waals surface area contributed by atoms with E-state index in [2.05, 4.69) is 25.5 Å². The first-order chi connectivity index (χ1) is 11.5.